The maximum Gasteiger partial charge on any atom is 0.270 e. The number of carbonyl (C=O) groups excluding carboxylic acids is 1. The first-order valence-corrected chi connectivity index (χ1v) is 6.92. The van der Waals surface area contributed by atoms with Gasteiger partial charge in [-0.3, -0.25) is 4.79 Å². The maximum atomic E-state index is 11.9. The van der Waals surface area contributed by atoms with E-state index in [2.05, 4.69) is 15.3 Å². The summed E-state index contributed by atoms with van der Waals surface area (Å²) in [5.74, 6) is 1.06. The van der Waals surface area contributed by atoms with Gasteiger partial charge >= 0.3 is 0 Å². The number of hydrogen-bond donors (Lipinski definition) is 2. The van der Waals surface area contributed by atoms with Crippen molar-refractivity contribution in [1.29, 1.82) is 0 Å². The summed E-state index contributed by atoms with van der Waals surface area (Å²) in [6, 6.07) is 1.64. The van der Waals surface area contributed by atoms with E-state index in [4.69, 9.17) is 5.11 Å². The van der Waals surface area contributed by atoms with Crippen LogP contribution < -0.4 is 5.32 Å². The Balaban J connectivity index is 1.99. The van der Waals surface area contributed by atoms with Crippen LogP contribution in [-0.2, 0) is 0 Å². The van der Waals surface area contributed by atoms with Crippen LogP contribution in [0.15, 0.2) is 12.3 Å². The zero-order valence-corrected chi connectivity index (χ0v) is 11.3. The lowest BCUT2D eigenvalue weighted by molar-refractivity contribution is 0.0936. The Morgan fingerprint density at radius 1 is 1.53 bits per heavy atom. The highest BCUT2D eigenvalue weighted by molar-refractivity contribution is 5.92. The molecule has 1 aromatic rings. The molecule has 1 heterocycles. The SMILES string of the molecule is CC(CO)CNC(=O)c1ccnc(C2CCCC2)n1. The van der Waals surface area contributed by atoms with Crippen molar-refractivity contribution in [2.24, 2.45) is 5.92 Å². The fourth-order valence-electron chi connectivity index (χ4n) is 2.30. The number of aromatic nitrogens is 2. The molecule has 1 saturated carbocycles. The van der Waals surface area contributed by atoms with Crippen LogP contribution in [0.25, 0.3) is 0 Å². The van der Waals surface area contributed by atoms with E-state index < -0.39 is 0 Å². The number of hydrogen-bond acceptors (Lipinski definition) is 4. The van der Waals surface area contributed by atoms with Crippen LogP contribution in [0.5, 0.6) is 0 Å². The van der Waals surface area contributed by atoms with Crippen molar-refractivity contribution in [2.45, 2.75) is 38.5 Å². The molecule has 1 fully saturated rings. The molecule has 1 aliphatic carbocycles. The Morgan fingerprint density at radius 2 is 2.26 bits per heavy atom. The molecule has 0 radical (unpaired) electrons. The Hall–Kier alpha value is -1.49. The van der Waals surface area contributed by atoms with E-state index in [1.807, 2.05) is 6.92 Å². The van der Waals surface area contributed by atoms with Gasteiger partial charge in [0.1, 0.15) is 11.5 Å². The summed E-state index contributed by atoms with van der Waals surface area (Å²) in [6.07, 6.45) is 6.33. The van der Waals surface area contributed by atoms with E-state index >= 15 is 0 Å². The fourth-order valence-corrected chi connectivity index (χ4v) is 2.30. The van der Waals surface area contributed by atoms with Crippen molar-refractivity contribution in [3.05, 3.63) is 23.8 Å². The van der Waals surface area contributed by atoms with E-state index in [1.54, 1.807) is 12.3 Å². The summed E-state index contributed by atoms with van der Waals surface area (Å²) >= 11 is 0. The largest absolute Gasteiger partial charge is 0.396 e. The molecular formula is C14H21N3O2. The predicted molar refractivity (Wildman–Crippen MR) is 71.8 cm³/mol. The summed E-state index contributed by atoms with van der Waals surface area (Å²) in [7, 11) is 0. The summed E-state index contributed by atoms with van der Waals surface area (Å²) in [4.78, 5) is 20.6. The Kier molecular flexibility index (Phi) is 4.85. The Morgan fingerprint density at radius 3 is 2.95 bits per heavy atom. The molecular weight excluding hydrogens is 242 g/mol. The van der Waals surface area contributed by atoms with Crippen LogP contribution in [0.2, 0.25) is 0 Å². The average molecular weight is 263 g/mol. The standard InChI is InChI=1S/C14H21N3O2/c1-10(9-18)8-16-14(19)12-6-7-15-13(17-12)11-4-2-3-5-11/h6-7,10-11,18H,2-5,8-9H2,1H3,(H,16,19). The third-order valence-corrected chi connectivity index (χ3v) is 3.55. The quantitative estimate of drug-likeness (QED) is 0.844. The number of aliphatic hydroxyl groups is 1. The summed E-state index contributed by atoms with van der Waals surface area (Å²) in [6.45, 7) is 2.40. The number of carbonyl (C=O) groups is 1. The highest BCUT2D eigenvalue weighted by Gasteiger charge is 2.20. The molecule has 0 aromatic carbocycles. The molecule has 1 amide bonds. The van der Waals surface area contributed by atoms with Gasteiger partial charge in [0, 0.05) is 25.3 Å². The van der Waals surface area contributed by atoms with Gasteiger partial charge in [0.05, 0.1) is 0 Å². The van der Waals surface area contributed by atoms with Gasteiger partial charge in [0.2, 0.25) is 0 Å². The van der Waals surface area contributed by atoms with Gasteiger partial charge < -0.3 is 10.4 Å². The molecule has 1 atom stereocenters. The summed E-state index contributed by atoms with van der Waals surface area (Å²) < 4.78 is 0. The van der Waals surface area contributed by atoms with Crippen LogP contribution in [-0.4, -0.2) is 34.1 Å². The Bertz CT molecular complexity index is 430. The number of nitrogens with one attached hydrogen (secondary N) is 1. The maximum absolute atomic E-state index is 11.9. The monoisotopic (exact) mass is 263 g/mol. The summed E-state index contributed by atoms with van der Waals surface area (Å²) in [5.41, 5.74) is 0.419. The third kappa shape index (κ3) is 3.73. The number of amides is 1. The molecule has 5 heteroatoms. The third-order valence-electron chi connectivity index (χ3n) is 3.55. The molecule has 2 rings (SSSR count). The van der Waals surface area contributed by atoms with E-state index in [0.29, 0.717) is 18.2 Å². The number of rotatable bonds is 5. The second-order valence-corrected chi connectivity index (χ2v) is 5.28. The van der Waals surface area contributed by atoms with Crippen LogP contribution >= 0.6 is 0 Å². The van der Waals surface area contributed by atoms with Gasteiger partial charge in [0.25, 0.3) is 5.91 Å². The van der Waals surface area contributed by atoms with Gasteiger partial charge in [-0.25, -0.2) is 9.97 Å². The van der Waals surface area contributed by atoms with Gasteiger partial charge in [-0.15, -0.1) is 0 Å². The molecule has 1 unspecified atom stereocenters. The van der Waals surface area contributed by atoms with E-state index in [-0.39, 0.29) is 18.4 Å². The zero-order valence-electron chi connectivity index (χ0n) is 11.3. The predicted octanol–water partition coefficient (Wildman–Crippen LogP) is 1.49. The van der Waals surface area contributed by atoms with Crippen molar-refractivity contribution in [3.8, 4) is 0 Å². The molecule has 5 nitrogen and oxygen atoms in total. The average Bonchev–Trinajstić information content (AvgIpc) is 2.98. The Labute approximate surface area is 113 Å². The van der Waals surface area contributed by atoms with Crippen molar-refractivity contribution in [2.75, 3.05) is 13.2 Å². The van der Waals surface area contributed by atoms with E-state index in [9.17, 15) is 4.79 Å². The molecule has 19 heavy (non-hydrogen) atoms. The molecule has 0 aliphatic heterocycles. The van der Waals surface area contributed by atoms with Gasteiger partial charge in [-0.05, 0) is 24.8 Å². The number of nitrogens with zero attached hydrogens (tertiary/aromatic N) is 2. The minimum Gasteiger partial charge on any atom is -0.396 e. The minimum absolute atomic E-state index is 0.0556. The molecule has 1 aliphatic rings. The lowest BCUT2D eigenvalue weighted by Crippen LogP contribution is -2.30. The van der Waals surface area contributed by atoms with Gasteiger partial charge in [0.15, 0.2) is 0 Å². The van der Waals surface area contributed by atoms with Crippen LogP contribution in [0.1, 0.15) is 54.8 Å². The van der Waals surface area contributed by atoms with Crippen molar-refractivity contribution >= 4 is 5.91 Å². The molecule has 0 bridgehead atoms. The topological polar surface area (TPSA) is 75.1 Å². The van der Waals surface area contributed by atoms with Crippen LogP contribution in [0, 0.1) is 5.92 Å². The van der Waals surface area contributed by atoms with Crippen molar-refractivity contribution in [1.82, 2.24) is 15.3 Å². The lowest BCUT2D eigenvalue weighted by atomic mass is 10.1. The van der Waals surface area contributed by atoms with E-state index in [1.165, 1.54) is 12.8 Å². The van der Waals surface area contributed by atoms with Crippen molar-refractivity contribution < 1.29 is 9.90 Å². The smallest absolute Gasteiger partial charge is 0.270 e. The van der Waals surface area contributed by atoms with Crippen LogP contribution in [0.4, 0.5) is 0 Å². The fraction of sp³-hybridized carbons (Fsp3) is 0.643. The minimum atomic E-state index is -0.193. The second-order valence-electron chi connectivity index (χ2n) is 5.28. The first-order chi connectivity index (χ1) is 9.20. The highest BCUT2D eigenvalue weighted by Crippen LogP contribution is 2.31. The highest BCUT2D eigenvalue weighted by atomic mass is 16.3. The second kappa shape index (κ2) is 6.61. The van der Waals surface area contributed by atoms with Crippen LogP contribution in [0.3, 0.4) is 0 Å². The first kappa shape index (κ1) is 13.9. The van der Waals surface area contributed by atoms with Gasteiger partial charge in [-0.1, -0.05) is 19.8 Å². The molecule has 1 aromatic heterocycles. The first-order valence-electron chi connectivity index (χ1n) is 6.92. The van der Waals surface area contributed by atoms with E-state index in [0.717, 1.165) is 18.7 Å². The molecule has 2 N–H and O–H groups in total. The van der Waals surface area contributed by atoms with Gasteiger partial charge in [-0.2, -0.15) is 0 Å². The zero-order chi connectivity index (χ0) is 13.7. The van der Waals surface area contributed by atoms with Crippen molar-refractivity contribution in [3.63, 3.8) is 0 Å². The molecule has 0 spiro atoms. The number of aliphatic hydroxyl groups excluding tert-OH is 1. The molecule has 0 saturated heterocycles. The summed E-state index contributed by atoms with van der Waals surface area (Å²) in [5, 5.41) is 11.7. The molecule has 104 valence electrons. The normalized spacial score (nSPS) is 17.4. The lowest BCUT2D eigenvalue weighted by Gasteiger charge is -2.11.